The number of nitrogens with one attached hydrogen (secondary N) is 1. The van der Waals surface area contributed by atoms with Crippen LogP contribution in [0.25, 0.3) is 0 Å². The van der Waals surface area contributed by atoms with Crippen molar-refractivity contribution in [2.75, 3.05) is 20.3 Å². The first-order valence-electron chi connectivity index (χ1n) is 6.01. The molecule has 0 aliphatic rings. The summed E-state index contributed by atoms with van der Waals surface area (Å²) >= 11 is 0. The molecule has 18 heavy (non-hydrogen) atoms. The highest BCUT2D eigenvalue weighted by molar-refractivity contribution is 5.77. The monoisotopic (exact) mass is 251 g/mol. The number of benzene rings is 1. The van der Waals surface area contributed by atoms with Crippen LogP contribution in [0.3, 0.4) is 0 Å². The Morgan fingerprint density at radius 1 is 1.33 bits per heavy atom. The molecule has 0 saturated heterocycles. The molecule has 4 nitrogen and oxygen atoms in total. The van der Waals surface area contributed by atoms with Crippen molar-refractivity contribution in [1.82, 2.24) is 5.32 Å². The van der Waals surface area contributed by atoms with Gasteiger partial charge in [0.2, 0.25) is 0 Å². The van der Waals surface area contributed by atoms with E-state index < -0.39 is 0 Å². The number of carbonyl (C=O) groups is 1. The summed E-state index contributed by atoms with van der Waals surface area (Å²) < 4.78 is 10.4. The number of hydrogen-bond acceptors (Lipinski definition) is 3. The van der Waals surface area contributed by atoms with Gasteiger partial charge >= 0.3 is 0 Å². The second kappa shape index (κ2) is 7.01. The second-order valence-corrected chi connectivity index (χ2v) is 4.46. The summed E-state index contributed by atoms with van der Waals surface area (Å²) in [7, 11) is 1.61. The zero-order valence-corrected chi connectivity index (χ0v) is 11.4. The van der Waals surface area contributed by atoms with E-state index in [4.69, 9.17) is 9.47 Å². The summed E-state index contributed by atoms with van der Waals surface area (Å²) in [4.78, 5) is 11.6. The molecule has 0 radical (unpaired) electrons. The van der Waals surface area contributed by atoms with E-state index in [0.717, 1.165) is 5.56 Å². The van der Waals surface area contributed by atoms with Gasteiger partial charge in [-0.25, -0.2) is 0 Å². The first kappa shape index (κ1) is 14.5. The number of methoxy groups -OCH3 is 1. The minimum Gasteiger partial charge on any atom is -0.484 e. The zero-order chi connectivity index (χ0) is 13.5. The first-order valence-corrected chi connectivity index (χ1v) is 6.01. The Balaban J connectivity index is 2.40. The third-order valence-corrected chi connectivity index (χ3v) is 2.67. The molecule has 4 heteroatoms. The quantitative estimate of drug-likeness (QED) is 0.839. The van der Waals surface area contributed by atoms with Crippen LogP contribution in [0.1, 0.15) is 18.1 Å². The predicted octanol–water partition coefficient (Wildman–Crippen LogP) is 1.83. The maximum absolute atomic E-state index is 11.6. The van der Waals surface area contributed by atoms with Crippen LogP contribution in [0, 0.1) is 13.8 Å². The van der Waals surface area contributed by atoms with E-state index in [1.54, 1.807) is 7.11 Å². The molecular weight excluding hydrogens is 230 g/mol. The minimum atomic E-state index is -0.141. The van der Waals surface area contributed by atoms with Gasteiger partial charge in [0, 0.05) is 13.2 Å². The second-order valence-electron chi connectivity index (χ2n) is 4.46. The average molecular weight is 251 g/mol. The van der Waals surface area contributed by atoms with Gasteiger partial charge in [-0.1, -0.05) is 6.07 Å². The lowest BCUT2D eigenvalue weighted by atomic mass is 10.1. The number of carbonyl (C=O) groups excluding carboxylic acids is 1. The molecule has 1 aromatic carbocycles. The van der Waals surface area contributed by atoms with Crippen molar-refractivity contribution in [3.8, 4) is 5.75 Å². The average Bonchev–Trinajstić information content (AvgIpc) is 2.31. The van der Waals surface area contributed by atoms with Gasteiger partial charge in [0.1, 0.15) is 5.75 Å². The summed E-state index contributed by atoms with van der Waals surface area (Å²) in [5.74, 6) is 0.574. The lowest BCUT2D eigenvalue weighted by molar-refractivity contribution is -0.124. The molecule has 1 N–H and O–H groups in total. The van der Waals surface area contributed by atoms with Crippen molar-refractivity contribution in [3.63, 3.8) is 0 Å². The number of rotatable bonds is 6. The summed E-state index contributed by atoms with van der Waals surface area (Å²) in [5.41, 5.74) is 2.36. The summed E-state index contributed by atoms with van der Waals surface area (Å²) in [5, 5.41) is 2.79. The molecule has 0 saturated carbocycles. The lowest BCUT2D eigenvalue weighted by Gasteiger charge is -2.13. The third kappa shape index (κ3) is 4.75. The Morgan fingerprint density at radius 2 is 2.06 bits per heavy atom. The number of aryl methyl sites for hydroxylation is 2. The summed E-state index contributed by atoms with van der Waals surface area (Å²) in [6.07, 6.45) is 0. The summed E-state index contributed by atoms with van der Waals surface area (Å²) in [6, 6.07) is 5.77. The van der Waals surface area contributed by atoms with E-state index in [9.17, 15) is 4.79 Å². The fourth-order valence-electron chi connectivity index (χ4n) is 1.56. The molecule has 1 amide bonds. The highest BCUT2D eigenvalue weighted by atomic mass is 16.5. The standard InChI is InChI=1S/C14H21NO3/c1-10-5-6-13(7-11(10)2)18-9-14(16)15-12(3)8-17-4/h5-7,12H,8-9H2,1-4H3,(H,15,16). The van der Waals surface area contributed by atoms with E-state index in [0.29, 0.717) is 12.4 Å². The normalized spacial score (nSPS) is 12.0. The molecule has 0 spiro atoms. The summed E-state index contributed by atoms with van der Waals surface area (Å²) in [6.45, 7) is 6.46. The molecule has 1 atom stereocenters. The van der Waals surface area contributed by atoms with Gasteiger partial charge in [-0.15, -0.1) is 0 Å². The molecule has 1 rings (SSSR count). The molecule has 100 valence electrons. The highest BCUT2D eigenvalue weighted by Gasteiger charge is 2.07. The molecule has 0 heterocycles. The van der Waals surface area contributed by atoms with E-state index in [-0.39, 0.29) is 18.6 Å². The molecule has 0 aliphatic heterocycles. The zero-order valence-electron chi connectivity index (χ0n) is 11.4. The minimum absolute atomic E-state index is 0.00847. The maximum Gasteiger partial charge on any atom is 0.258 e. The van der Waals surface area contributed by atoms with Gasteiger partial charge in [-0.3, -0.25) is 4.79 Å². The van der Waals surface area contributed by atoms with Crippen molar-refractivity contribution < 1.29 is 14.3 Å². The highest BCUT2D eigenvalue weighted by Crippen LogP contribution is 2.16. The SMILES string of the molecule is COCC(C)NC(=O)COc1ccc(C)c(C)c1. The van der Waals surface area contributed by atoms with Crippen molar-refractivity contribution in [2.45, 2.75) is 26.8 Å². The van der Waals surface area contributed by atoms with Crippen LogP contribution in [0.4, 0.5) is 0 Å². The predicted molar refractivity (Wildman–Crippen MR) is 70.9 cm³/mol. The van der Waals surface area contributed by atoms with Gasteiger partial charge in [-0.05, 0) is 44.0 Å². The Kier molecular flexibility index (Phi) is 5.65. The van der Waals surface area contributed by atoms with E-state index in [2.05, 4.69) is 5.32 Å². The Morgan fingerprint density at radius 3 is 2.67 bits per heavy atom. The molecule has 1 unspecified atom stereocenters. The van der Waals surface area contributed by atoms with E-state index >= 15 is 0 Å². The third-order valence-electron chi connectivity index (χ3n) is 2.67. The largest absolute Gasteiger partial charge is 0.484 e. The van der Waals surface area contributed by atoms with Gasteiger partial charge in [-0.2, -0.15) is 0 Å². The topological polar surface area (TPSA) is 47.6 Å². The van der Waals surface area contributed by atoms with Crippen LogP contribution in [0.2, 0.25) is 0 Å². The van der Waals surface area contributed by atoms with Crippen molar-refractivity contribution in [1.29, 1.82) is 0 Å². The molecular formula is C14H21NO3. The number of ether oxygens (including phenoxy) is 2. The van der Waals surface area contributed by atoms with Crippen LogP contribution < -0.4 is 10.1 Å². The Bertz CT molecular complexity index is 404. The fourth-order valence-corrected chi connectivity index (χ4v) is 1.56. The lowest BCUT2D eigenvalue weighted by Crippen LogP contribution is -2.38. The molecule has 0 bridgehead atoms. The van der Waals surface area contributed by atoms with Gasteiger partial charge in [0.25, 0.3) is 5.91 Å². The molecule has 0 aliphatic carbocycles. The van der Waals surface area contributed by atoms with Crippen molar-refractivity contribution in [2.24, 2.45) is 0 Å². The van der Waals surface area contributed by atoms with Gasteiger partial charge in [0.15, 0.2) is 6.61 Å². The van der Waals surface area contributed by atoms with E-state index in [1.807, 2.05) is 39.0 Å². The van der Waals surface area contributed by atoms with Crippen LogP contribution in [0.5, 0.6) is 5.75 Å². The molecule has 0 aromatic heterocycles. The van der Waals surface area contributed by atoms with Crippen LogP contribution >= 0.6 is 0 Å². The van der Waals surface area contributed by atoms with Crippen LogP contribution in [0.15, 0.2) is 18.2 Å². The number of amides is 1. The number of hydrogen-bond donors (Lipinski definition) is 1. The Hall–Kier alpha value is -1.55. The van der Waals surface area contributed by atoms with Crippen LogP contribution in [-0.4, -0.2) is 32.3 Å². The maximum atomic E-state index is 11.6. The van der Waals surface area contributed by atoms with Crippen molar-refractivity contribution >= 4 is 5.91 Å². The first-order chi connectivity index (χ1) is 8.52. The van der Waals surface area contributed by atoms with Gasteiger partial charge in [0.05, 0.1) is 6.61 Å². The molecule has 0 fully saturated rings. The van der Waals surface area contributed by atoms with E-state index in [1.165, 1.54) is 5.56 Å². The smallest absolute Gasteiger partial charge is 0.258 e. The van der Waals surface area contributed by atoms with Crippen molar-refractivity contribution in [3.05, 3.63) is 29.3 Å². The van der Waals surface area contributed by atoms with Crippen LogP contribution in [-0.2, 0) is 9.53 Å². The Labute approximate surface area is 108 Å². The van der Waals surface area contributed by atoms with Gasteiger partial charge < -0.3 is 14.8 Å². The fraction of sp³-hybridized carbons (Fsp3) is 0.500. The molecule has 1 aromatic rings.